The van der Waals surface area contributed by atoms with E-state index in [0.29, 0.717) is 11.5 Å². The van der Waals surface area contributed by atoms with Gasteiger partial charge in [0.1, 0.15) is 0 Å². The van der Waals surface area contributed by atoms with Gasteiger partial charge in [0.25, 0.3) is 0 Å². The predicted molar refractivity (Wildman–Crippen MR) is 138 cm³/mol. The number of carbonyl (C=O) groups excluding carboxylic acids is 1. The van der Waals surface area contributed by atoms with E-state index in [9.17, 15) is 4.79 Å². The van der Waals surface area contributed by atoms with E-state index in [4.69, 9.17) is 9.47 Å². The third-order valence-electron chi connectivity index (χ3n) is 6.24. The molecule has 0 aromatic heterocycles. The number of hydrogen-bond donors (Lipinski definition) is 0. The number of methoxy groups -OCH3 is 2. The average Bonchev–Trinajstić information content (AvgIpc) is 2.90. The summed E-state index contributed by atoms with van der Waals surface area (Å²) >= 11 is 1.55. The lowest BCUT2D eigenvalue weighted by molar-refractivity contribution is -0.132. The second-order valence-corrected chi connectivity index (χ2v) is 9.78. The van der Waals surface area contributed by atoms with Gasteiger partial charge in [0.05, 0.1) is 25.5 Å². The molecule has 1 aliphatic heterocycles. The number of nitrogens with zero attached hydrogens (tertiary/aromatic N) is 2. The zero-order valence-electron chi connectivity index (χ0n) is 20.0. The summed E-state index contributed by atoms with van der Waals surface area (Å²) in [6.45, 7) is 5.12. The topological polar surface area (TPSA) is 42.0 Å². The van der Waals surface area contributed by atoms with Crippen LogP contribution < -0.4 is 9.47 Å². The molecule has 0 unspecified atom stereocenters. The first kappa shape index (κ1) is 24.2. The van der Waals surface area contributed by atoms with Crippen LogP contribution in [-0.4, -0.2) is 61.4 Å². The normalized spacial score (nSPS) is 15.2. The Morgan fingerprint density at radius 1 is 0.794 bits per heavy atom. The van der Waals surface area contributed by atoms with E-state index in [1.54, 1.807) is 26.0 Å². The van der Waals surface area contributed by atoms with Crippen molar-refractivity contribution in [2.24, 2.45) is 0 Å². The minimum atomic E-state index is -0.177. The van der Waals surface area contributed by atoms with Gasteiger partial charge in [-0.25, -0.2) is 0 Å². The van der Waals surface area contributed by atoms with Crippen LogP contribution in [0.15, 0.2) is 83.8 Å². The van der Waals surface area contributed by atoms with Gasteiger partial charge in [-0.15, -0.1) is 11.8 Å². The molecule has 1 amide bonds. The zero-order valence-corrected chi connectivity index (χ0v) is 20.8. The first-order valence-electron chi connectivity index (χ1n) is 11.6. The zero-order chi connectivity index (χ0) is 23.9. The fourth-order valence-electron chi connectivity index (χ4n) is 4.49. The number of carbonyl (C=O) groups is 1. The molecular weight excluding hydrogens is 444 g/mol. The van der Waals surface area contributed by atoms with E-state index >= 15 is 0 Å². The highest BCUT2D eigenvalue weighted by atomic mass is 32.2. The Morgan fingerprint density at radius 3 is 1.88 bits per heavy atom. The van der Waals surface area contributed by atoms with Crippen molar-refractivity contribution in [1.29, 1.82) is 0 Å². The molecule has 0 radical (unpaired) electrons. The van der Waals surface area contributed by atoms with E-state index < -0.39 is 0 Å². The van der Waals surface area contributed by atoms with Crippen LogP contribution in [0.25, 0.3) is 0 Å². The second kappa shape index (κ2) is 11.4. The van der Waals surface area contributed by atoms with Crippen molar-refractivity contribution in [3.63, 3.8) is 0 Å². The van der Waals surface area contributed by atoms with Gasteiger partial charge >= 0.3 is 0 Å². The van der Waals surface area contributed by atoms with Crippen LogP contribution in [0, 0.1) is 0 Å². The number of thioether (sulfide) groups is 1. The minimum Gasteiger partial charge on any atom is -0.493 e. The molecular formula is C28H32N2O3S. The van der Waals surface area contributed by atoms with Gasteiger partial charge in [-0.1, -0.05) is 60.7 Å². The van der Waals surface area contributed by atoms with E-state index in [1.807, 2.05) is 30.0 Å². The van der Waals surface area contributed by atoms with Gasteiger partial charge in [-0.2, -0.15) is 0 Å². The smallest absolute Gasteiger partial charge is 0.235 e. The van der Waals surface area contributed by atoms with Gasteiger partial charge in [0.2, 0.25) is 5.91 Å². The highest BCUT2D eigenvalue weighted by molar-refractivity contribution is 8.00. The maximum absolute atomic E-state index is 13.2. The summed E-state index contributed by atoms with van der Waals surface area (Å²) in [5.74, 6) is 1.54. The maximum Gasteiger partial charge on any atom is 0.235 e. The van der Waals surface area contributed by atoms with Gasteiger partial charge in [-0.05, 0) is 36.2 Å². The van der Waals surface area contributed by atoms with Crippen molar-refractivity contribution in [3.8, 4) is 11.5 Å². The van der Waals surface area contributed by atoms with Crippen molar-refractivity contribution < 1.29 is 14.3 Å². The van der Waals surface area contributed by atoms with Gasteiger partial charge in [-0.3, -0.25) is 9.69 Å². The largest absolute Gasteiger partial charge is 0.493 e. The van der Waals surface area contributed by atoms with Gasteiger partial charge in [0, 0.05) is 31.1 Å². The first-order chi connectivity index (χ1) is 16.6. The van der Waals surface area contributed by atoms with Crippen LogP contribution in [0.1, 0.15) is 24.1 Å². The summed E-state index contributed by atoms with van der Waals surface area (Å²) in [7, 11) is 3.25. The molecule has 0 bridgehead atoms. The molecule has 1 saturated heterocycles. The molecule has 3 aromatic carbocycles. The third-order valence-corrected chi connectivity index (χ3v) is 7.32. The Balaban J connectivity index is 1.41. The molecule has 0 aliphatic carbocycles. The number of amides is 1. The van der Waals surface area contributed by atoms with Crippen LogP contribution >= 0.6 is 11.8 Å². The van der Waals surface area contributed by atoms with Crippen LogP contribution in [-0.2, 0) is 4.79 Å². The van der Waals surface area contributed by atoms with Crippen LogP contribution in [0.2, 0.25) is 0 Å². The third kappa shape index (κ3) is 5.57. The number of hydrogen-bond acceptors (Lipinski definition) is 5. The van der Waals surface area contributed by atoms with E-state index in [2.05, 4.69) is 65.6 Å². The molecule has 0 spiro atoms. The quantitative estimate of drug-likeness (QED) is 0.422. The van der Waals surface area contributed by atoms with Gasteiger partial charge in [0.15, 0.2) is 11.5 Å². The number of piperazine rings is 1. The van der Waals surface area contributed by atoms with Crippen molar-refractivity contribution in [2.45, 2.75) is 23.1 Å². The summed E-state index contributed by atoms with van der Waals surface area (Å²) in [5, 5.41) is -0.177. The van der Waals surface area contributed by atoms with Crippen molar-refractivity contribution in [2.75, 3.05) is 40.4 Å². The molecule has 34 heavy (non-hydrogen) atoms. The highest BCUT2D eigenvalue weighted by Crippen LogP contribution is 2.34. The fourth-order valence-corrected chi connectivity index (χ4v) is 5.47. The van der Waals surface area contributed by atoms with E-state index in [-0.39, 0.29) is 17.2 Å². The molecule has 1 atom stereocenters. The molecule has 0 N–H and O–H groups in total. The molecule has 1 fully saturated rings. The summed E-state index contributed by atoms with van der Waals surface area (Å²) in [4.78, 5) is 18.7. The molecule has 3 aromatic rings. The summed E-state index contributed by atoms with van der Waals surface area (Å²) in [6.07, 6.45) is 0. The molecule has 5 nitrogen and oxygen atoms in total. The standard InChI is InChI=1S/C28H32N2O3S/c1-21(34-24-14-15-25(32-2)26(20-24)33-3)28(31)30-18-16-29(17-19-30)27(22-10-6-4-7-11-22)23-12-8-5-9-13-23/h4-15,20-21,27H,16-19H2,1-3H3/t21-/m0/s1. The van der Waals surface area contributed by atoms with Crippen LogP contribution in [0.5, 0.6) is 11.5 Å². The first-order valence-corrected chi connectivity index (χ1v) is 12.5. The number of rotatable bonds is 8. The molecule has 4 rings (SSSR count). The monoisotopic (exact) mass is 476 g/mol. The Hall–Kier alpha value is -2.96. The average molecular weight is 477 g/mol. The molecule has 178 valence electrons. The van der Waals surface area contributed by atoms with Crippen LogP contribution in [0.4, 0.5) is 0 Å². The lowest BCUT2D eigenvalue weighted by atomic mass is 9.96. The lowest BCUT2D eigenvalue weighted by Crippen LogP contribution is -2.51. The predicted octanol–water partition coefficient (Wildman–Crippen LogP) is 5.12. The van der Waals surface area contributed by atoms with Crippen molar-refractivity contribution in [3.05, 3.63) is 90.0 Å². The summed E-state index contributed by atoms with van der Waals surface area (Å²) in [6, 6.07) is 27.2. The Morgan fingerprint density at radius 2 is 1.35 bits per heavy atom. The lowest BCUT2D eigenvalue weighted by Gasteiger charge is -2.40. The Labute approximate surface area is 206 Å². The number of benzene rings is 3. The highest BCUT2D eigenvalue weighted by Gasteiger charge is 2.30. The van der Waals surface area contributed by atoms with E-state index in [0.717, 1.165) is 31.1 Å². The minimum absolute atomic E-state index is 0.176. The van der Waals surface area contributed by atoms with Crippen molar-refractivity contribution >= 4 is 17.7 Å². The summed E-state index contributed by atoms with van der Waals surface area (Å²) < 4.78 is 10.7. The molecule has 6 heteroatoms. The Kier molecular flexibility index (Phi) is 8.14. The Bertz CT molecular complexity index is 1030. The number of ether oxygens (including phenoxy) is 2. The molecule has 0 saturated carbocycles. The summed E-state index contributed by atoms with van der Waals surface area (Å²) in [5.41, 5.74) is 2.57. The van der Waals surface area contributed by atoms with E-state index in [1.165, 1.54) is 11.1 Å². The molecule has 1 heterocycles. The molecule has 1 aliphatic rings. The fraction of sp³-hybridized carbons (Fsp3) is 0.321. The SMILES string of the molecule is COc1ccc(S[C@@H](C)C(=O)N2CCN(C(c3ccccc3)c3ccccc3)CC2)cc1OC. The second-order valence-electron chi connectivity index (χ2n) is 8.36. The van der Waals surface area contributed by atoms with Crippen LogP contribution in [0.3, 0.4) is 0 Å². The van der Waals surface area contributed by atoms with Crippen molar-refractivity contribution in [1.82, 2.24) is 9.80 Å². The maximum atomic E-state index is 13.2. The van der Waals surface area contributed by atoms with Gasteiger partial charge < -0.3 is 14.4 Å².